The summed E-state index contributed by atoms with van der Waals surface area (Å²) in [4.78, 5) is 11.7. The molecule has 1 fully saturated rings. The molecule has 0 radical (unpaired) electrons. The largest absolute Gasteiger partial charge is 0.356 e. The number of hydrogen-bond donors (Lipinski definition) is 2. The van der Waals surface area contributed by atoms with Gasteiger partial charge in [0.05, 0.1) is 0 Å². The first-order chi connectivity index (χ1) is 7.59. The summed E-state index contributed by atoms with van der Waals surface area (Å²) in [5.74, 6) is 2.01. The molecule has 0 saturated carbocycles. The number of carbonyl (C=O) groups is 1. The first-order valence-corrected chi connectivity index (χ1v) is 6.57. The molecular weight excluding hydrogens is 236 g/mol. The molecule has 1 aliphatic rings. The molecule has 1 heterocycles. The van der Waals surface area contributed by atoms with Gasteiger partial charge in [-0.05, 0) is 43.7 Å². The Hall–Kier alpha value is -0.280. The fraction of sp³-hybridized carbons (Fsp3) is 0.923. The van der Waals surface area contributed by atoms with Gasteiger partial charge in [-0.1, -0.05) is 20.8 Å². The third kappa shape index (κ3) is 6.89. The van der Waals surface area contributed by atoms with E-state index in [4.69, 9.17) is 0 Å². The predicted molar refractivity (Wildman–Crippen MR) is 74.5 cm³/mol. The smallest absolute Gasteiger partial charge is 0.220 e. The van der Waals surface area contributed by atoms with E-state index in [0.717, 1.165) is 25.6 Å². The highest BCUT2D eigenvalue weighted by atomic mass is 35.5. The van der Waals surface area contributed by atoms with E-state index < -0.39 is 0 Å². The number of carbonyl (C=O) groups excluding carboxylic acids is 1. The molecule has 1 rings (SSSR count). The molecule has 0 spiro atoms. The lowest BCUT2D eigenvalue weighted by atomic mass is 9.84. The van der Waals surface area contributed by atoms with Crippen LogP contribution in [0, 0.1) is 17.8 Å². The van der Waals surface area contributed by atoms with Crippen molar-refractivity contribution in [2.75, 3.05) is 19.6 Å². The quantitative estimate of drug-likeness (QED) is 0.798. The lowest BCUT2D eigenvalue weighted by Gasteiger charge is -2.27. The SMILES string of the molecule is CC(C)CNC(=O)CC(C)C1CCNCC1.Cl. The number of rotatable bonds is 5. The molecule has 1 unspecified atom stereocenters. The minimum Gasteiger partial charge on any atom is -0.356 e. The number of halogens is 1. The summed E-state index contributed by atoms with van der Waals surface area (Å²) in [6, 6.07) is 0. The number of amides is 1. The molecule has 0 aliphatic carbocycles. The van der Waals surface area contributed by atoms with Crippen LogP contribution < -0.4 is 10.6 Å². The Kier molecular flexibility index (Phi) is 8.61. The van der Waals surface area contributed by atoms with Crippen LogP contribution in [0.1, 0.15) is 40.0 Å². The van der Waals surface area contributed by atoms with Crippen LogP contribution in [0.5, 0.6) is 0 Å². The second-order valence-electron chi connectivity index (χ2n) is 5.47. The van der Waals surface area contributed by atoms with Crippen molar-refractivity contribution in [1.82, 2.24) is 10.6 Å². The second-order valence-corrected chi connectivity index (χ2v) is 5.47. The first kappa shape index (κ1) is 16.7. The van der Waals surface area contributed by atoms with Crippen molar-refractivity contribution in [1.29, 1.82) is 0 Å². The zero-order valence-corrected chi connectivity index (χ0v) is 12.1. The Bertz CT molecular complexity index is 215. The average Bonchev–Trinajstić information content (AvgIpc) is 2.27. The Morgan fingerprint density at radius 3 is 2.41 bits per heavy atom. The maximum absolute atomic E-state index is 11.7. The molecule has 0 aromatic carbocycles. The van der Waals surface area contributed by atoms with Crippen LogP contribution in [0.25, 0.3) is 0 Å². The molecule has 1 saturated heterocycles. The zero-order valence-electron chi connectivity index (χ0n) is 11.3. The van der Waals surface area contributed by atoms with E-state index in [2.05, 4.69) is 31.4 Å². The van der Waals surface area contributed by atoms with Crippen LogP contribution in [0.15, 0.2) is 0 Å². The van der Waals surface area contributed by atoms with Gasteiger partial charge in [-0.25, -0.2) is 0 Å². The van der Waals surface area contributed by atoms with Crippen LogP contribution in [0.3, 0.4) is 0 Å². The van der Waals surface area contributed by atoms with Crippen molar-refractivity contribution < 1.29 is 4.79 Å². The fourth-order valence-corrected chi connectivity index (χ4v) is 2.26. The van der Waals surface area contributed by atoms with Crippen molar-refractivity contribution >= 4 is 18.3 Å². The summed E-state index contributed by atoms with van der Waals surface area (Å²) in [5.41, 5.74) is 0. The maximum Gasteiger partial charge on any atom is 0.220 e. The monoisotopic (exact) mass is 262 g/mol. The fourth-order valence-electron chi connectivity index (χ4n) is 2.26. The summed E-state index contributed by atoms with van der Waals surface area (Å²) >= 11 is 0. The van der Waals surface area contributed by atoms with E-state index in [9.17, 15) is 4.79 Å². The molecular formula is C13H27ClN2O. The molecule has 0 aromatic rings. The Morgan fingerprint density at radius 2 is 1.88 bits per heavy atom. The highest BCUT2D eigenvalue weighted by Crippen LogP contribution is 2.23. The highest BCUT2D eigenvalue weighted by Gasteiger charge is 2.21. The normalized spacial score (nSPS) is 18.6. The minimum atomic E-state index is 0. The Morgan fingerprint density at radius 1 is 1.29 bits per heavy atom. The van der Waals surface area contributed by atoms with Gasteiger partial charge in [0, 0.05) is 13.0 Å². The molecule has 1 aliphatic heterocycles. The van der Waals surface area contributed by atoms with Crippen LogP contribution in [-0.4, -0.2) is 25.5 Å². The third-order valence-corrected chi connectivity index (χ3v) is 3.40. The lowest BCUT2D eigenvalue weighted by Crippen LogP contribution is -2.34. The van der Waals surface area contributed by atoms with Crippen LogP contribution in [-0.2, 0) is 4.79 Å². The van der Waals surface area contributed by atoms with Gasteiger partial charge in [0.2, 0.25) is 5.91 Å². The third-order valence-electron chi connectivity index (χ3n) is 3.40. The Balaban J connectivity index is 0.00000256. The summed E-state index contributed by atoms with van der Waals surface area (Å²) < 4.78 is 0. The van der Waals surface area contributed by atoms with Crippen molar-refractivity contribution in [2.24, 2.45) is 17.8 Å². The molecule has 102 valence electrons. The highest BCUT2D eigenvalue weighted by molar-refractivity contribution is 5.85. The van der Waals surface area contributed by atoms with Gasteiger partial charge in [-0.3, -0.25) is 4.79 Å². The lowest BCUT2D eigenvalue weighted by molar-refractivity contribution is -0.122. The van der Waals surface area contributed by atoms with Gasteiger partial charge in [-0.2, -0.15) is 0 Å². The topological polar surface area (TPSA) is 41.1 Å². The van der Waals surface area contributed by atoms with Crippen molar-refractivity contribution in [3.8, 4) is 0 Å². The van der Waals surface area contributed by atoms with E-state index in [-0.39, 0.29) is 18.3 Å². The minimum absolute atomic E-state index is 0. The Labute approximate surface area is 112 Å². The van der Waals surface area contributed by atoms with E-state index in [0.29, 0.717) is 18.3 Å². The van der Waals surface area contributed by atoms with Gasteiger partial charge in [0.25, 0.3) is 0 Å². The standard InChI is InChI=1S/C13H26N2O.ClH/c1-10(2)9-15-13(16)8-11(3)12-4-6-14-7-5-12;/h10-12,14H,4-9H2,1-3H3,(H,15,16);1H. The van der Waals surface area contributed by atoms with Crippen molar-refractivity contribution in [2.45, 2.75) is 40.0 Å². The second kappa shape index (κ2) is 8.76. The van der Waals surface area contributed by atoms with Crippen molar-refractivity contribution in [3.63, 3.8) is 0 Å². The molecule has 3 nitrogen and oxygen atoms in total. The summed E-state index contributed by atoms with van der Waals surface area (Å²) in [5, 5.41) is 6.36. The molecule has 4 heteroatoms. The van der Waals surface area contributed by atoms with Crippen LogP contribution in [0.4, 0.5) is 0 Å². The van der Waals surface area contributed by atoms with E-state index in [1.165, 1.54) is 12.8 Å². The van der Waals surface area contributed by atoms with Gasteiger partial charge in [0.1, 0.15) is 0 Å². The molecule has 1 atom stereocenters. The molecule has 1 amide bonds. The van der Waals surface area contributed by atoms with Gasteiger partial charge in [0.15, 0.2) is 0 Å². The van der Waals surface area contributed by atoms with Gasteiger partial charge >= 0.3 is 0 Å². The maximum atomic E-state index is 11.7. The number of piperidine rings is 1. The molecule has 0 bridgehead atoms. The van der Waals surface area contributed by atoms with Crippen molar-refractivity contribution in [3.05, 3.63) is 0 Å². The summed E-state index contributed by atoms with van der Waals surface area (Å²) in [6.45, 7) is 9.49. The first-order valence-electron chi connectivity index (χ1n) is 6.57. The molecule has 0 aromatic heterocycles. The molecule has 2 N–H and O–H groups in total. The summed E-state index contributed by atoms with van der Waals surface area (Å²) in [6.07, 6.45) is 3.13. The van der Waals surface area contributed by atoms with E-state index in [1.54, 1.807) is 0 Å². The molecule has 17 heavy (non-hydrogen) atoms. The van der Waals surface area contributed by atoms with E-state index in [1.807, 2.05) is 0 Å². The predicted octanol–water partition coefficient (Wildman–Crippen LogP) is 2.21. The van der Waals surface area contributed by atoms with Crippen LogP contribution in [0.2, 0.25) is 0 Å². The summed E-state index contributed by atoms with van der Waals surface area (Å²) in [7, 11) is 0. The van der Waals surface area contributed by atoms with E-state index >= 15 is 0 Å². The number of nitrogens with one attached hydrogen (secondary N) is 2. The van der Waals surface area contributed by atoms with Gasteiger partial charge in [-0.15, -0.1) is 12.4 Å². The zero-order chi connectivity index (χ0) is 12.0. The number of hydrogen-bond acceptors (Lipinski definition) is 2. The average molecular weight is 263 g/mol. The van der Waals surface area contributed by atoms with Crippen LogP contribution >= 0.6 is 12.4 Å². The van der Waals surface area contributed by atoms with Gasteiger partial charge < -0.3 is 10.6 Å².